The maximum absolute atomic E-state index is 5.90. The zero-order valence-electron chi connectivity index (χ0n) is 12.1. The monoisotopic (exact) mass is 265 g/mol. The molecule has 0 spiro atoms. The van der Waals surface area contributed by atoms with Crippen LogP contribution in [0.2, 0.25) is 0 Å². The van der Waals surface area contributed by atoms with Gasteiger partial charge in [-0.3, -0.25) is 0 Å². The summed E-state index contributed by atoms with van der Waals surface area (Å²) < 4.78 is 16.9. The van der Waals surface area contributed by atoms with Crippen molar-refractivity contribution in [1.82, 2.24) is 5.32 Å². The second kappa shape index (κ2) is 6.26. The van der Waals surface area contributed by atoms with Crippen LogP contribution in [0.4, 0.5) is 0 Å². The summed E-state index contributed by atoms with van der Waals surface area (Å²) in [7, 11) is 5.32. The Bertz CT molecular complexity index is 400. The summed E-state index contributed by atoms with van der Waals surface area (Å²) in [6, 6.07) is 5.93. The third kappa shape index (κ3) is 2.69. The molecule has 3 unspecified atom stereocenters. The molecular weight excluding hydrogens is 242 g/mol. The molecule has 2 rings (SSSR count). The molecular formula is C15H23NO3. The number of hydrogen-bond donors (Lipinski definition) is 1. The van der Waals surface area contributed by atoms with Crippen molar-refractivity contribution in [2.75, 3.05) is 27.9 Å². The minimum atomic E-state index is 0.0728. The molecule has 106 valence electrons. The molecule has 0 aliphatic carbocycles. The van der Waals surface area contributed by atoms with Gasteiger partial charge in [0, 0.05) is 6.61 Å². The standard InChI is InChI=1S/C15H23NO3/c1-10-8-9-19-15(10)14(16-2)13-11(17-3)6-5-7-12(13)18-4/h5-7,10,14-16H,8-9H2,1-4H3. The molecule has 4 heteroatoms. The van der Waals surface area contributed by atoms with Crippen LogP contribution in [0.15, 0.2) is 18.2 Å². The van der Waals surface area contributed by atoms with Crippen molar-refractivity contribution >= 4 is 0 Å². The number of hydrogen-bond acceptors (Lipinski definition) is 4. The average molecular weight is 265 g/mol. The van der Waals surface area contributed by atoms with E-state index in [9.17, 15) is 0 Å². The predicted molar refractivity (Wildman–Crippen MR) is 74.9 cm³/mol. The lowest BCUT2D eigenvalue weighted by atomic mass is 9.91. The van der Waals surface area contributed by atoms with Crippen molar-refractivity contribution in [1.29, 1.82) is 0 Å². The van der Waals surface area contributed by atoms with E-state index in [-0.39, 0.29) is 12.1 Å². The Morgan fingerprint density at radius 1 is 1.26 bits per heavy atom. The number of rotatable bonds is 5. The lowest BCUT2D eigenvalue weighted by Crippen LogP contribution is -2.33. The number of ether oxygens (including phenoxy) is 3. The van der Waals surface area contributed by atoms with Crippen molar-refractivity contribution in [3.63, 3.8) is 0 Å². The highest BCUT2D eigenvalue weighted by Crippen LogP contribution is 2.40. The molecule has 1 aliphatic rings. The van der Waals surface area contributed by atoms with Crippen molar-refractivity contribution in [2.24, 2.45) is 5.92 Å². The first-order valence-electron chi connectivity index (χ1n) is 6.72. The highest BCUT2D eigenvalue weighted by atomic mass is 16.5. The molecule has 1 saturated heterocycles. The maximum Gasteiger partial charge on any atom is 0.127 e. The molecule has 3 atom stereocenters. The number of likely N-dealkylation sites (N-methyl/N-ethyl adjacent to an activating group) is 1. The van der Waals surface area contributed by atoms with E-state index in [4.69, 9.17) is 14.2 Å². The average Bonchev–Trinajstić information content (AvgIpc) is 2.86. The quantitative estimate of drug-likeness (QED) is 0.887. The van der Waals surface area contributed by atoms with E-state index in [1.54, 1.807) is 14.2 Å². The third-order valence-electron chi connectivity index (χ3n) is 3.86. The Balaban J connectivity index is 2.41. The van der Waals surface area contributed by atoms with Crippen molar-refractivity contribution in [3.8, 4) is 11.5 Å². The van der Waals surface area contributed by atoms with Crippen LogP contribution in [0.1, 0.15) is 24.9 Å². The second-order valence-corrected chi connectivity index (χ2v) is 4.94. The van der Waals surface area contributed by atoms with Gasteiger partial charge in [0.25, 0.3) is 0 Å². The van der Waals surface area contributed by atoms with Crippen LogP contribution in [0, 0.1) is 5.92 Å². The zero-order valence-corrected chi connectivity index (χ0v) is 12.1. The molecule has 0 amide bonds. The SMILES string of the molecule is CNC(c1c(OC)cccc1OC)C1OCCC1C. The Kier molecular flexibility index (Phi) is 4.66. The Morgan fingerprint density at radius 3 is 2.32 bits per heavy atom. The van der Waals surface area contributed by atoms with E-state index >= 15 is 0 Å². The van der Waals surface area contributed by atoms with Crippen molar-refractivity contribution in [2.45, 2.75) is 25.5 Å². The fourth-order valence-corrected chi connectivity index (χ4v) is 2.80. The first-order valence-corrected chi connectivity index (χ1v) is 6.72. The van der Waals surface area contributed by atoms with E-state index in [0.29, 0.717) is 5.92 Å². The van der Waals surface area contributed by atoms with Gasteiger partial charge in [-0.1, -0.05) is 13.0 Å². The summed E-state index contributed by atoms with van der Waals surface area (Å²) in [5, 5.41) is 3.36. The fourth-order valence-electron chi connectivity index (χ4n) is 2.80. The molecule has 1 aliphatic heterocycles. The van der Waals surface area contributed by atoms with Crippen LogP contribution in [-0.2, 0) is 4.74 Å². The molecule has 1 aromatic carbocycles. The highest BCUT2D eigenvalue weighted by Gasteiger charge is 2.35. The minimum absolute atomic E-state index is 0.0728. The summed E-state index contributed by atoms with van der Waals surface area (Å²) in [5.41, 5.74) is 1.04. The number of benzene rings is 1. The lowest BCUT2D eigenvalue weighted by Gasteiger charge is -2.28. The highest BCUT2D eigenvalue weighted by molar-refractivity contribution is 5.47. The topological polar surface area (TPSA) is 39.7 Å². The molecule has 19 heavy (non-hydrogen) atoms. The molecule has 1 fully saturated rings. The summed E-state index contributed by atoms with van der Waals surface area (Å²) in [6.07, 6.45) is 1.25. The molecule has 0 saturated carbocycles. The van der Waals surface area contributed by atoms with Crippen LogP contribution in [0.5, 0.6) is 11.5 Å². The Morgan fingerprint density at radius 2 is 1.89 bits per heavy atom. The number of methoxy groups -OCH3 is 2. The van der Waals surface area contributed by atoms with Crippen molar-refractivity contribution < 1.29 is 14.2 Å². The largest absolute Gasteiger partial charge is 0.496 e. The van der Waals surface area contributed by atoms with Gasteiger partial charge in [0.15, 0.2) is 0 Å². The van der Waals surface area contributed by atoms with Gasteiger partial charge in [-0.15, -0.1) is 0 Å². The van der Waals surface area contributed by atoms with Gasteiger partial charge in [-0.05, 0) is 31.5 Å². The molecule has 1 heterocycles. The normalized spacial score (nSPS) is 24.2. The fraction of sp³-hybridized carbons (Fsp3) is 0.600. The van der Waals surface area contributed by atoms with Gasteiger partial charge in [0.2, 0.25) is 0 Å². The van der Waals surface area contributed by atoms with E-state index in [2.05, 4.69) is 12.2 Å². The zero-order chi connectivity index (χ0) is 13.8. The summed E-state index contributed by atoms with van der Waals surface area (Å²) in [5.74, 6) is 2.19. The van der Waals surface area contributed by atoms with Gasteiger partial charge < -0.3 is 19.5 Å². The van der Waals surface area contributed by atoms with Gasteiger partial charge in [0.05, 0.1) is 31.9 Å². The summed E-state index contributed by atoms with van der Waals surface area (Å²) in [4.78, 5) is 0. The smallest absolute Gasteiger partial charge is 0.127 e. The molecule has 1 N–H and O–H groups in total. The first kappa shape index (κ1) is 14.2. The van der Waals surface area contributed by atoms with Crippen LogP contribution in [0.25, 0.3) is 0 Å². The van der Waals surface area contributed by atoms with Crippen LogP contribution in [0.3, 0.4) is 0 Å². The number of nitrogens with one attached hydrogen (secondary N) is 1. The first-order chi connectivity index (χ1) is 9.22. The molecule has 0 aromatic heterocycles. The molecule has 1 aromatic rings. The minimum Gasteiger partial charge on any atom is -0.496 e. The Labute approximate surface area is 115 Å². The van der Waals surface area contributed by atoms with E-state index < -0.39 is 0 Å². The summed E-state index contributed by atoms with van der Waals surface area (Å²) in [6.45, 7) is 3.05. The predicted octanol–water partition coefficient (Wildman–Crippen LogP) is 2.39. The van der Waals surface area contributed by atoms with Gasteiger partial charge in [-0.2, -0.15) is 0 Å². The van der Waals surface area contributed by atoms with Crippen LogP contribution < -0.4 is 14.8 Å². The van der Waals surface area contributed by atoms with E-state index in [1.165, 1.54) is 0 Å². The lowest BCUT2D eigenvalue weighted by molar-refractivity contribution is 0.0615. The van der Waals surface area contributed by atoms with Gasteiger partial charge in [-0.25, -0.2) is 0 Å². The van der Waals surface area contributed by atoms with Gasteiger partial charge in [0.1, 0.15) is 11.5 Å². The maximum atomic E-state index is 5.90. The summed E-state index contributed by atoms with van der Waals surface area (Å²) >= 11 is 0. The Hall–Kier alpha value is -1.26. The van der Waals surface area contributed by atoms with Crippen LogP contribution in [-0.4, -0.2) is 34.0 Å². The molecule has 0 bridgehead atoms. The van der Waals surface area contributed by atoms with Gasteiger partial charge >= 0.3 is 0 Å². The molecule has 4 nitrogen and oxygen atoms in total. The van der Waals surface area contributed by atoms with E-state index in [1.807, 2.05) is 25.2 Å². The molecule has 0 radical (unpaired) electrons. The second-order valence-electron chi connectivity index (χ2n) is 4.94. The van der Waals surface area contributed by atoms with Crippen LogP contribution >= 0.6 is 0 Å². The van der Waals surface area contributed by atoms with Crippen molar-refractivity contribution in [3.05, 3.63) is 23.8 Å². The third-order valence-corrected chi connectivity index (χ3v) is 3.86. The van der Waals surface area contributed by atoms with E-state index in [0.717, 1.165) is 30.1 Å².